The molecule has 0 radical (unpaired) electrons. The van der Waals surface area contributed by atoms with Crippen molar-refractivity contribution in [1.29, 1.82) is 5.26 Å². The molecule has 0 spiro atoms. The van der Waals surface area contributed by atoms with Gasteiger partial charge in [0.1, 0.15) is 17.5 Å². The van der Waals surface area contributed by atoms with Crippen LogP contribution in [0, 0.1) is 17.1 Å². The Kier molecular flexibility index (Phi) is 9.38. The summed E-state index contributed by atoms with van der Waals surface area (Å²) in [6, 6.07) is 8.07. The Labute approximate surface area is 146 Å². The number of carboxylic acids is 1. The molecule has 0 heterocycles. The van der Waals surface area contributed by atoms with Crippen LogP contribution < -0.4 is 10.6 Å². The Morgan fingerprint density at radius 2 is 2.04 bits per heavy atom. The zero-order valence-corrected chi connectivity index (χ0v) is 13.9. The molecule has 25 heavy (non-hydrogen) atoms. The fourth-order valence-electron chi connectivity index (χ4n) is 2.11. The van der Waals surface area contributed by atoms with E-state index >= 15 is 0 Å². The van der Waals surface area contributed by atoms with Crippen LogP contribution >= 0.6 is 0 Å². The van der Waals surface area contributed by atoms with Crippen molar-refractivity contribution < 1.29 is 19.1 Å². The number of nitrogens with one attached hydrogen (secondary N) is 2. The van der Waals surface area contributed by atoms with Gasteiger partial charge in [0, 0.05) is 25.7 Å². The number of unbranched alkanes of at least 4 members (excludes halogenated alkanes) is 2. The normalized spacial score (nSPS) is 10.8. The highest BCUT2D eigenvalue weighted by Crippen LogP contribution is 2.03. The number of amides is 1. The van der Waals surface area contributed by atoms with Crippen LogP contribution in [0.4, 0.5) is 4.39 Å². The van der Waals surface area contributed by atoms with Crippen LogP contribution in [0.2, 0.25) is 0 Å². The second kappa shape index (κ2) is 11.6. The van der Waals surface area contributed by atoms with Gasteiger partial charge in [-0.1, -0.05) is 18.6 Å². The third-order valence-corrected chi connectivity index (χ3v) is 3.41. The fourth-order valence-corrected chi connectivity index (χ4v) is 2.11. The average molecular weight is 347 g/mol. The van der Waals surface area contributed by atoms with E-state index in [1.54, 1.807) is 12.1 Å². The van der Waals surface area contributed by atoms with Crippen molar-refractivity contribution in [1.82, 2.24) is 10.6 Å². The molecule has 0 aliphatic heterocycles. The molecule has 0 fully saturated rings. The first-order chi connectivity index (χ1) is 12.0. The van der Waals surface area contributed by atoms with Crippen molar-refractivity contribution in [2.24, 2.45) is 0 Å². The molecule has 0 bridgehead atoms. The predicted octanol–water partition coefficient (Wildman–Crippen LogP) is 2.13. The van der Waals surface area contributed by atoms with E-state index in [1.807, 2.05) is 6.07 Å². The van der Waals surface area contributed by atoms with Gasteiger partial charge in [-0.2, -0.15) is 5.26 Å². The number of nitriles is 1. The maximum Gasteiger partial charge on any atom is 0.303 e. The van der Waals surface area contributed by atoms with Crippen LogP contribution in [-0.2, 0) is 16.0 Å². The van der Waals surface area contributed by atoms with E-state index in [9.17, 15) is 14.0 Å². The lowest BCUT2D eigenvalue weighted by Gasteiger charge is -2.05. The van der Waals surface area contributed by atoms with Gasteiger partial charge in [0.2, 0.25) is 0 Å². The van der Waals surface area contributed by atoms with Crippen LogP contribution in [0.5, 0.6) is 0 Å². The molecule has 3 N–H and O–H groups in total. The molecule has 1 amide bonds. The topological polar surface area (TPSA) is 102 Å². The lowest BCUT2D eigenvalue weighted by molar-refractivity contribution is -0.137. The molecular weight excluding hydrogens is 325 g/mol. The largest absolute Gasteiger partial charge is 0.481 e. The van der Waals surface area contributed by atoms with Crippen LogP contribution in [-0.4, -0.2) is 30.1 Å². The molecule has 7 heteroatoms. The monoisotopic (exact) mass is 347 g/mol. The molecule has 0 aromatic heterocycles. The first-order valence-electron chi connectivity index (χ1n) is 8.11. The standard InChI is InChI=1S/C18H22FN3O3/c19-16-6-4-5-14(11-16)8-10-21-13-15(12-20)18(25)22-9-3-1-2-7-17(23)24/h4-6,11,13,21H,1-3,7-10H2,(H,22,25)(H,23,24)/b15-13-. The highest BCUT2D eigenvalue weighted by atomic mass is 19.1. The van der Waals surface area contributed by atoms with Crippen molar-refractivity contribution in [3.63, 3.8) is 0 Å². The van der Waals surface area contributed by atoms with Crippen LogP contribution in [0.3, 0.4) is 0 Å². The summed E-state index contributed by atoms with van der Waals surface area (Å²) in [6.45, 7) is 0.859. The molecule has 1 rings (SSSR count). The van der Waals surface area contributed by atoms with Crippen molar-refractivity contribution in [3.05, 3.63) is 47.4 Å². The van der Waals surface area contributed by atoms with Crippen molar-refractivity contribution in [2.75, 3.05) is 13.1 Å². The Morgan fingerprint density at radius 3 is 2.72 bits per heavy atom. The number of benzene rings is 1. The van der Waals surface area contributed by atoms with Crippen molar-refractivity contribution in [2.45, 2.75) is 32.1 Å². The highest BCUT2D eigenvalue weighted by molar-refractivity contribution is 5.97. The summed E-state index contributed by atoms with van der Waals surface area (Å²) in [6.07, 6.45) is 3.95. The van der Waals surface area contributed by atoms with Crippen LogP contribution in [0.25, 0.3) is 0 Å². The number of hydrogen-bond donors (Lipinski definition) is 3. The van der Waals surface area contributed by atoms with Gasteiger partial charge in [0.15, 0.2) is 0 Å². The number of carbonyl (C=O) groups excluding carboxylic acids is 1. The fraction of sp³-hybridized carbons (Fsp3) is 0.389. The number of carboxylic acid groups (broad SMARTS) is 1. The molecule has 0 saturated carbocycles. The first kappa shape index (κ1) is 20.2. The van der Waals surface area contributed by atoms with Crippen LogP contribution in [0.1, 0.15) is 31.2 Å². The number of hydrogen-bond acceptors (Lipinski definition) is 4. The van der Waals surface area contributed by atoms with Gasteiger partial charge < -0.3 is 15.7 Å². The maximum atomic E-state index is 13.0. The Balaban J connectivity index is 2.26. The Hall–Kier alpha value is -2.88. The van der Waals surface area contributed by atoms with E-state index in [-0.39, 0.29) is 17.8 Å². The third kappa shape index (κ3) is 9.11. The van der Waals surface area contributed by atoms with Crippen molar-refractivity contribution in [3.8, 4) is 6.07 Å². The minimum absolute atomic E-state index is 0.0372. The van der Waals surface area contributed by atoms with Gasteiger partial charge in [0.05, 0.1) is 0 Å². The quantitative estimate of drug-likeness (QED) is 0.323. The predicted molar refractivity (Wildman–Crippen MR) is 90.9 cm³/mol. The second-order valence-electron chi connectivity index (χ2n) is 5.46. The maximum absolute atomic E-state index is 13.0. The number of carbonyl (C=O) groups is 2. The summed E-state index contributed by atoms with van der Waals surface area (Å²) < 4.78 is 13.0. The molecule has 0 saturated heterocycles. The minimum atomic E-state index is -0.831. The van der Waals surface area contributed by atoms with Gasteiger partial charge in [0.25, 0.3) is 5.91 Å². The van der Waals surface area contributed by atoms with Crippen molar-refractivity contribution >= 4 is 11.9 Å². The lowest BCUT2D eigenvalue weighted by atomic mass is 10.1. The minimum Gasteiger partial charge on any atom is -0.481 e. The van der Waals surface area contributed by atoms with E-state index in [4.69, 9.17) is 10.4 Å². The first-order valence-corrected chi connectivity index (χ1v) is 8.11. The number of nitrogens with zero attached hydrogens (tertiary/aromatic N) is 1. The molecule has 0 atom stereocenters. The molecule has 134 valence electrons. The van der Waals surface area contributed by atoms with E-state index in [1.165, 1.54) is 18.3 Å². The summed E-state index contributed by atoms with van der Waals surface area (Å²) in [5.41, 5.74) is 0.787. The SMILES string of the molecule is N#C/C(=C/NCCc1cccc(F)c1)C(=O)NCCCCCC(=O)O. The molecule has 1 aromatic carbocycles. The van der Waals surface area contributed by atoms with Crippen LogP contribution in [0.15, 0.2) is 36.0 Å². The molecule has 0 aliphatic carbocycles. The third-order valence-electron chi connectivity index (χ3n) is 3.41. The van der Waals surface area contributed by atoms with Gasteiger partial charge in [-0.05, 0) is 37.0 Å². The molecule has 6 nitrogen and oxygen atoms in total. The zero-order chi connectivity index (χ0) is 18.5. The summed E-state index contributed by atoms with van der Waals surface area (Å²) in [5.74, 6) is -1.60. The Morgan fingerprint density at radius 1 is 1.24 bits per heavy atom. The average Bonchev–Trinajstić information content (AvgIpc) is 2.57. The van der Waals surface area contributed by atoms with E-state index in [0.29, 0.717) is 38.8 Å². The zero-order valence-electron chi connectivity index (χ0n) is 13.9. The van der Waals surface area contributed by atoms with Gasteiger partial charge >= 0.3 is 5.97 Å². The summed E-state index contributed by atoms with van der Waals surface area (Å²) in [7, 11) is 0. The van der Waals surface area contributed by atoms with Gasteiger partial charge in [-0.25, -0.2) is 4.39 Å². The summed E-state index contributed by atoms with van der Waals surface area (Å²) >= 11 is 0. The van der Waals surface area contributed by atoms with E-state index < -0.39 is 11.9 Å². The number of aliphatic carboxylic acids is 1. The molecule has 0 aliphatic rings. The summed E-state index contributed by atoms with van der Waals surface area (Å²) in [4.78, 5) is 22.2. The number of rotatable bonds is 11. The lowest BCUT2D eigenvalue weighted by Crippen LogP contribution is -2.27. The molecule has 0 unspecified atom stereocenters. The van der Waals surface area contributed by atoms with E-state index in [0.717, 1.165) is 5.56 Å². The number of halogens is 1. The summed E-state index contributed by atoms with van der Waals surface area (Å²) in [5, 5.41) is 23.0. The molecule has 1 aromatic rings. The second-order valence-corrected chi connectivity index (χ2v) is 5.46. The smallest absolute Gasteiger partial charge is 0.303 e. The highest BCUT2D eigenvalue weighted by Gasteiger charge is 2.07. The molecular formula is C18H22FN3O3. The van der Waals surface area contributed by atoms with E-state index in [2.05, 4.69) is 10.6 Å². The van der Waals surface area contributed by atoms with Gasteiger partial charge in [-0.15, -0.1) is 0 Å². The Bertz CT molecular complexity index is 653. The van der Waals surface area contributed by atoms with Gasteiger partial charge in [-0.3, -0.25) is 9.59 Å².